The molecule has 0 aliphatic carbocycles. The van der Waals surface area contributed by atoms with Gasteiger partial charge in [-0.25, -0.2) is 0 Å². The molecule has 0 bridgehead atoms. The van der Waals surface area contributed by atoms with Crippen molar-refractivity contribution in [3.05, 3.63) is 53.5 Å². The lowest BCUT2D eigenvalue weighted by atomic mass is 10.1. The van der Waals surface area contributed by atoms with Crippen LogP contribution in [0.1, 0.15) is 22.7 Å². The molecule has 6 nitrogen and oxygen atoms in total. The van der Waals surface area contributed by atoms with Crippen LogP contribution in [-0.2, 0) is 18.3 Å². The Morgan fingerprint density at radius 1 is 1.40 bits per heavy atom. The van der Waals surface area contributed by atoms with Crippen molar-refractivity contribution < 1.29 is 4.79 Å². The van der Waals surface area contributed by atoms with Crippen LogP contribution >= 0.6 is 12.4 Å². The molecule has 2 aromatic heterocycles. The molecule has 2 heterocycles. The van der Waals surface area contributed by atoms with E-state index in [4.69, 9.17) is 0 Å². The molecular formula is C18H24ClN5O. The number of aryl methyl sites for hydroxylation is 2. The molecule has 3 N–H and O–H groups in total. The van der Waals surface area contributed by atoms with Gasteiger partial charge in [0.15, 0.2) is 0 Å². The molecule has 0 aliphatic rings. The van der Waals surface area contributed by atoms with Gasteiger partial charge in [-0.2, -0.15) is 5.10 Å². The second kappa shape index (κ2) is 8.18. The van der Waals surface area contributed by atoms with Gasteiger partial charge in [0.1, 0.15) is 6.04 Å². The number of likely N-dealkylation sites (N-methyl/N-ethyl adjacent to an activating group) is 1. The van der Waals surface area contributed by atoms with Crippen molar-refractivity contribution in [1.82, 2.24) is 25.4 Å². The zero-order chi connectivity index (χ0) is 17.1. The van der Waals surface area contributed by atoms with Crippen LogP contribution in [0.5, 0.6) is 0 Å². The van der Waals surface area contributed by atoms with Crippen LogP contribution in [0.4, 0.5) is 0 Å². The quantitative estimate of drug-likeness (QED) is 0.630. The van der Waals surface area contributed by atoms with Crippen LogP contribution in [0.25, 0.3) is 10.9 Å². The zero-order valence-electron chi connectivity index (χ0n) is 14.7. The third-order valence-corrected chi connectivity index (χ3v) is 4.31. The molecule has 0 saturated heterocycles. The van der Waals surface area contributed by atoms with E-state index in [9.17, 15) is 4.79 Å². The largest absolute Gasteiger partial charge is 0.361 e. The highest BCUT2D eigenvalue weighted by Crippen LogP contribution is 2.21. The van der Waals surface area contributed by atoms with Crippen molar-refractivity contribution in [2.75, 3.05) is 13.6 Å². The number of H-pyrrole nitrogens is 1. The fraction of sp³-hybridized carbons (Fsp3) is 0.333. The van der Waals surface area contributed by atoms with E-state index in [1.54, 1.807) is 17.9 Å². The van der Waals surface area contributed by atoms with Gasteiger partial charge in [0.05, 0.1) is 6.20 Å². The molecule has 1 unspecified atom stereocenters. The number of para-hydroxylation sites is 1. The van der Waals surface area contributed by atoms with E-state index in [0.29, 0.717) is 6.54 Å². The lowest BCUT2D eigenvalue weighted by molar-refractivity contribution is -0.123. The summed E-state index contributed by atoms with van der Waals surface area (Å²) < 4.78 is 1.70. The molecule has 0 saturated carbocycles. The standard InChI is InChI=1S/C18H23N5O.ClH/c1-12-5-4-6-15-13(9-21-16(12)15)7-8-20-18(24)17(19-2)14-10-22-23(3)11-14;/h4-6,9-11,17,19,21H,7-8H2,1-3H3,(H,20,24);1H. The number of benzene rings is 1. The van der Waals surface area contributed by atoms with E-state index < -0.39 is 0 Å². The SMILES string of the molecule is CNC(C(=O)NCCc1c[nH]c2c(C)cccc12)c1cnn(C)c1.Cl. The van der Waals surface area contributed by atoms with Gasteiger partial charge in [-0.05, 0) is 31.5 Å². The normalized spacial score (nSPS) is 12.0. The van der Waals surface area contributed by atoms with Crippen molar-refractivity contribution in [2.45, 2.75) is 19.4 Å². The van der Waals surface area contributed by atoms with Gasteiger partial charge in [-0.3, -0.25) is 9.48 Å². The first-order valence-electron chi connectivity index (χ1n) is 8.09. The maximum absolute atomic E-state index is 12.4. The van der Waals surface area contributed by atoms with Crippen molar-refractivity contribution in [1.29, 1.82) is 0 Å². The summed E-state index contributed by atoms with van der Waals surface area (Å²) in [4.78, 5) is 15.7. The molecule has 3 aromatic rings. The Hall–Kier alpha value is -2.31. The minimum Gasteiger partial charge on any atom is -0.361 e. The predicted molar refractivity (Wildman–Crippen MR) is 102 cm³/mol. The van der Waals surface area contributed by atoms with Crippen LogP contribution in [0.2, 0.25) is 0 Å². The summed E-state index contributed by atoms with van der Waals surface area (Å²) >= 11 is 0. The molecule has 0 spiro atoms. The Kier molecular flexibility index (Phi) is 6.22. The van der Waals surface area contributed by atoms with Crippen LogP contribution in [0.3, 0.4) is 0 Å². The molecule has 0 aliphatic heterocycles. The molecule has 1 amide bonds. The fourth-order valence-corrected chi connectivity index (χ4v) is 3.03. The van der Waals surface area contributed by atoms with E-state index in [2.05, 4.69) is 45.8 Å². The summed E-state index contributed by atoms with van der Waals surface area (Å²) in [6.07, 6.45) is 6.38. The van der Waals surface area contributed by atoms with Crippen molar-refractivity contribution in [3.8, 4) is 0 Å². The Balaban J connectivity index is 0.00000225. The minimum atomic E-state index is -0.385. The van der Waals surface area contributed by atoms with Gasteiger partial charge in [-0.15, -0.1) is 12.4 Å². The number of amides is 1. The number of hydrogen-bond donors (Lipinski definition) is 3. The summed E-state index contributed by atoms with van der Waals surface area (Å²) in [6.45, 7) is 2.69. The van der Waals surface area contributed by atoms with Crippen molar-refractivity contribution in [3.63, 3.8) is 0 Å². The molecule has 1 aromatic carbocycles. The number of aromatic amines is 1. The van der Waals surface area contributed by atoms with E-state index in [0.717, 1.165) is 12.0 Å². The number of halogens is 1. The Morgan fingerprint density at radius 3 is 2.88 bits per heavy atom. The van der Waals surface area contributed by atoms with Crippen LogP contribution < -0.4 is 10.6 Å². The second-order valence-electron chi connectivity index (χ2n) is 6.02. The molecule has 0 fully saturated rings. The van der Waals surface area contributed by atoms with Gasteiger partial charge in [0.25, 0.3) is 0 Å². The Bertz CT molecular complexity index is 854. The van der Waals surface area contributed by atoms with Gasteiger partial charge in [0.2, 0.25) is 5.91 Å². The molecule has 7 heteroatoms. The Morgan fingerprint density at radius 2 is 2.20 bits per heavy atom. The molecule has 134 valence electrons. The van der Waals surface area contributed by atoms with E-state index in [1.807, 2.05) is 19.4 Å². The number of fused-ring (bicyclic) bond motifs is 1. The topological polar surface area (TPSA) is 74.7 Å². The first kappa shape index (κ1) is 19.0. The van der Waals surface area contributed by atoms with E-state index >= 15 is 0 Å². The second-order valence-corrected chi connectivity index (χ2v) is 6.02. The number of nitrogens with zero attached hydrogens (tertiary/aromatic N) is 2. The maximum atomic E-state index is 12.4. The van der Waals surface area contributed by atoms with Gasteiger partial charge in [0, 0.05) is 42.5 Å². The molecule has 1 atom stereocenters. The number of carbonyl (C=O) groups excluding carboxylic acids is 1. The monoisotopic (exact) mass is 361 g/mol. The third kappa shape index (κ3) is 4.03. The number of rotatable bonds is 6. The molecule has 25 heavy (non-hydrogen) atoms. The van der Waals surface area contributed by atoms with Crippen LogP contribution in [0, 0.1) is 6.92 Å². The summed E-state index contributed by atoms with van der Waals surface area (Å²) in [5.74, 6) is -0.0403. The number of carbonyl (C=O) groups is 1. The smallest absolute Gasteiger partial charge is 0.241 e. The lowest BCUT2D eigenvalue weighted by Gasteiger charge is -2.14. The summed E-state index contributed by atoms with van der Waals surface area (Å²) in [5.41, 5.74) is 4.48. The van der Waals surface area contributed by atoms with Gasteiger partial charge < -0.3 is 15.6 Å². The third-order valence-electron chi connectivity index (χ3n) is 4.31. The Labute approximate surface area is 153 Å². The average Bonchev–Trinajstić information content (AvgIpc) is 3.16. The van der Waals surface area contributed by atoms with Gasteiger partial charge >= 0.3 is 0 Å². The lowest BCUT2D eigenvalue weighted by Crippen LogP contribution is -2.36. The number of aromatic nitrogens is 3. The predicted octanol–water partition coefficient (Wildman–Crippen LogP) is 2.25. The average molecular weight is 362 g/mol. The number of nitrogens with one attached hydrogen (secondary N) is 3. The van der Waals surface area contributed by atoms with Crippen LogP contribution in [-0.4, -0.2) is 34.3 Å². The highest BCUT2D eigenvalue weighted by molar-refractivity contribution is 5.86. The zero-order valence-corrected chi connectivity index (χ0v) is 15.5. The highest BCUT2D eigenvalue weighted by atomic mass is 35.5. The highest BCUT2D eigenvalue weighted by Gasteiger charge is 2.19. The van der Waals surface area contributed by atoms with Crippen molar-refractivity contribution >= 4 is 29.2 Å². The summed E-state index contributed by atoms with van der Waals surface area (Å²) in [5, 5.41) is 11.4. The number of hydrogen-bond acceptors (Lipinski definition) is 3. The van der Waals surface area contributed by atoms with E-state index in [1.165, 1.54) is 22.0 Å². The first-order valence-corrected chi connectivity index (χ1v) is 8.09. The fourth-order valence-electron chi connectivity index (χ4n) is 3.03. The molecular weight excluding hydrogens is 338 g/mol. The first-order chi connectivity index (χ1) is 11.6. The summed E-state index contributed by atoms with van der Waals surface area (Å²) in [6, 6.07) is 5.88. The summed E-state index contributed by atoms with van der Waals surface area (Å²) in [7, 11) is 3.62. The molecule has 0 radical (unpaired) electrons. The maximum Gasteiger partial charge on any atom is 0.241 e. The molecule has 3 rings (SSSR count). The van der Waals surface area contributed by atoms with Crippen LogP contribution in [0.15, 0.2) is 36.8 Å². The minimum absolute atomic E-state index is 0. The van der Waals surface area contributed by atoms with Crippen molar-refractivity contribution in [2.24, 2.45) is 7.05 Å². The van der Waals surface area contributed by atoms with E-state index in [-0.39, 0.29) is 24.4 Å². The van der Waals surface area contributed by atoms with Gasteiger partial charge in [-0.1, -0.05) is 18.2 Å².